The third-order valence-electron chi connectivity index (χ3n) is 3.85. The molecule has 2 aromatic heterocycles. The van der Waals surface area contributed by atoms with Crippen molar-refractivity contribution in [2.75, 3.05) is 26.2 Å². The number of amides is 1. The summed E-state index contributed by atoms with van der Waals surface area (Å²) in [6, 6.07) is 1.33. The first kappa shape index (κ1) is 15.6. The lowest BCUT2D eigenvalue weighted by Crippen LogP contribution is -2.48. The normalized spacial score (nSPS) is 16.3. The average Bonchev–Trinajstić information content (AvgIpc) is 3.17. The number of carbonyl (C=O) groups excluding carboxylic acids is 1. The second kappa shape index (κ2) is 6.45. The molecule has 0 aromatic carbocycles. The van der Waals surface area contributed by atoms with E-state index in [2.05, 4.69) is 15.1 Å². The number of rotatable bonds is 4. The number of aromatic nitrogens is 4. The number of carbonyl (C=O) groups is 1. The Morgan fingerprint density at radius 3 is 2.61 bits per heavy atom. The van der Waals surface area contributed by atoms with Gasteiger partial charge in [-0.1, -0.05) is 0 Å². The fourth-order valence-corrected chi connectivity index (χ4v) is 2.64. The molecule has 0 spiro atoms. The summed E-state index contributed by atoms with van der Waals surface area (Å²) in [5.74, 6) is -0.301. The Bertz CT molecular complexity index is 674. The number of aryl methyl sites for hydroxylation is 1. The molecule has 124 valence electrons. The minimum Gasteiger partial charge on any atom is -0.335 e. The van der Waals surface area contributed by atoms with Crippen LogP contribution < -0.4 is 0 Å². The Morgan fingerprint density at radius 1 is 1.30 bits per heavy atom. The molecule has 2 aromatic rings. The van der Waals surface area contributed by atoms with E-state index in [-0.39, 0.29) is 11.6 Å². The highest BCUT2D eigenvalue weighted by Gasteiger charge is 2.24. The molecule has 0 radical (unpaired) electrons. The molecule has 1 aliphatic heterocycles. The minimum absolute atomic E-state index is 0.0611. The van der Waals surface area contributed by atoms with Crippen molar-refractivity contribution in [1.29, 1.82) is 0 Å². The minimum atomic E-state index is -2.73. The molecule has 0 atom stereocenters. The monoisotopic (exact) mass is 324 g/mol. The van der Waals surface area contributed by atoms with Gasteiger partial charge in [-0.3, -0.25) is 14.4 Å². The van der Waals surface area contributed by atoms with E-state index in [9.17, 15) is 13.6 Å². The van der Waals surface area contributed by atoms with E-state index in [1.54, 1.807) is 9.58 Å². The summed E-state index contributed by atoms with van der Waals surface area (Å²) in [6.45, 7) is 0.636. The second-order valence-corrected chi connectivity index (χ2v) is 5.55. The van der Waals surface area contributed by atoms with Gasteiger partial charge in [0.25, 0.3) is 5.91 Å². The zero-order chi connectivity index (χ0) is 16.4. The number of alkyl halides is 2. The van der Waals surface area contributed by atoms with Crippen LogP contribution in [0.2, 0.25) is 0 Å². The van der Waals surface area contributed by atoms with Crippen molar-refractivity contribution in [3.8, 4) is 0 Å². The van der Waals surface area contributed by atoms with Crippen LogP contribution >= 0.6 is 0 Å². The zero-order valence-electron chi connectivity index (χ0n) is 12.8. The molecule has 1 fully saturated rings. The van der Waals surface area contributed by atoms with Crippen molar-refractivity contribution in [2.45, 2.75) is 13.1 Å². The molecule has 9 heteroatoms. The fraction of sp³-hybridized carbons (Fsp3) is 0.500. The van der Waals surface area contributed by atoms with Crippen molar-refractivity contribution < 1.29 is 13.6 Å². The number of piperazine rings is 1. The Labute approximate surface area is 132 Å². The maximum atomic E-state index is 12.5. The van der Waals surface area contributed by atoms with Gasteiger partial charge in [0, 0.05) is 57.7 Å². The van der Waals surface area contributed by atoms with Gasteiger partial charge in [0.2, 0.25) is 0 Å². The zero-order valence-corrected chi connectivity index (χ0v) is 12.8. The molecule has 1 amide bonds. The van der Waals surface area contributed by atoms with Crippen LogP contribution in [0, 0.1) is 0 Å². The van der Waals surface area contributed by atoms with Gasteiger partial charge in [-0.2, -0.15) is 19.0 Å². The SMILES string of the molecule is Cn1cc(CN2CCN(C(=O)c3ccn(C(F)F)n3)CC2)cn1. The lowest BCUT2D eigenvalue weighted by Gasteiger charge is -2.34. The number of halogens is 2. The predicted molar refractivity (Wildman–Crippen MR) is 77.9 cm³/mol. The standard InChI is InChI=1S/C14H18F2N6O/c1-19-9-11(8-17-19)10-20-4-6-21(7-5-20)13(23)12-2-3-22(18-12)14(15)16/h2-3,8-9,14H,4-7,10H2,1H3. The lowest BCUT2D eigenvalue weighted by molar-refractivity contribution is 0.0534. The molecule has 1 saturated heterocycles. The van der Waals surface area contributed by atoms with Crippen LogP contribution in [0.1, 0.15) is 22.6 Å². The van der Waals surface area contributed by atoms with Crippen molar-refractivity contribution in [3.05, 3.63) is 35.9 Å². The lowest BCUT2D eigenvalue weighted by atomic mass is 10.2. The Balaban J connectivity index is 1.54. The van der Waals surface area contributed by atoms with Gasteiger partial charge in [0.15, 0.2) is 5.69 Å². The molecule has 7 nitrogen and oxygen atoms in total. The number of hydrogen-bond acceptors (Lipinski definition) is 4. The fourth-order valence-electron chi connectivity index (χ4n) is 2.64. The van der Waals surface area contributed by atoms with Crippen LogP contribution in [0.4, 0.5) is 8.78 Å². The van der Waals surface area contributed by atoms with Crippen LogP contribution in [0.25, 0.3) is 0 Å². The Kier molecular flexibility index (Phi) is 4.37. The van der Waals surface area contributed by atoms with Crippen molar-refractivity contribution in [2.24, 2.45) is 7.05 Å². The summed E-state index contributed by atoms with van der Waals surface area (Å²) in [6.07, 6.45) is 4.92. The van der Waals surface area contributed by atoms with E-state index in [1.807, 2.05) is 19.4 Å². The van der Waals surface area contributed by atoms with Gasteiger partial charge in [-0.15, -0.1) is 0 Å². The third-order valence-corrected chi connectivity index (χ3v) is 3.85. The number of hydrogen-bond donors (Lipinski definition) is 0. The van der Waals surface area contributed by atoms with E-state index in [1.165, 1.54) is 6.07 Å². The molecule has 1 aliphatic rings. The summed E-state index contributed by atoms with van der Waals surface area (Å²) in [5, 5.41) is 7.76. The summed E-state index contributed by atoms with van der Waals surface area (Å²) >= 11 is 0. The Morgan fingerprint density at radius 2 is 2.04 bits per heavy atom. The first-order valence-corrected chi connectivity index (χ1v) is 7.35. The molecule has 23 heavy (non-hydrogen) atoms. The molecule has 0 unspecified atom stereocenters. The summed E-state index contributed by atoms with van der Waals surface area (Å²) in [5.41, 5.74) is 1.19. The topological polar surface area (TPSA) is 59.2 Å². The molecule has 0 aliphatic carbocycles. The van der Waals surface area contributed by atoms with Crippen molar-refractivity contribution in [1.82, 2.24) is 29.4 Å². The van der Waals surface area contributed by atoms with Crippen molar-refractivity contribution >= 4 is 5.91 Å². The maximum Gasteiger partial charge on any atom is 0.333 e. The molecule has 3 rings (SSSR count). The third kappa shape index (κ3) is 3.55. The van der Waals surface area contributed by atoms with Crippen LogP contribution in [0.3, 0.4) is 0 Å². The molecule has 0 bridgehead atoms. The van der Waals surface area contributed by atoms with E-state index >= 15 is 0 Å². The summed E-state index contributed by atoms with van der Waals surface area (Å²) in [4.78, 5) is 16.2. The van der Waals surface area contributed by atoms with Gasteiger partial charge in [0.05, 0.1) is 6.20 Å². The first-order valence-electron chi connectivity index (χ1n) is 7.35. The first-order chi connectivity index (χ1) is 11.0. The van der Waals surface area contributed by atoms with Crippen LogP contribution in [0.5, 0.6) is 0 Å². The van der Waals surface area contributed by atoms with Gasteiger partial charge in [-0.25, -0.2) is 4.68 Å². The summed E-state index contributed by atoms with van der Waals surface area (Å²) < 4.78 is 27.3. The van der Waals surface area contributed by atoms with E-state index < -0.39 is 6.55 Å². The summed E-state index contributed by atoms with van der Waals surface area (Å²) in [7, 11) is 1.87. The van der Waals surface area contributed by atoms with E-state index in [4.69, 9.17) is 0 Å². The Hall–Kier alpha value is -2.29. The predicted octanol–water partition coefficient (Wildman–Crippen LogP) is 0.970. The molecular weight excluding hydrogens is 306 g/mol. The van der Waals surface area contributed by atoms with Gasteiger partial charge in [0.1, 0.15) is 0 Å². The molecule has 3 heterocycles. The van der Waals surface area contributed by atoms with Crippen LogP contribution in [-0.4, -0.2) is 61.4 Å². The van der Waals surface area contributed by atoms with Gasteiger partial charge >= 0.3 is 6.55 Å². The maximum absolute atomic E-state index is 12.5. The van der Waals surface area contributed by atoms with Gasteiger partial charge < -0.3 is 4.90 Å². The molecule has 0 N–H and O–H groups in total. The highest BCUT2D eigenvalue weighted by Crippen LogP contribution is 2.13. The molecule has 0 saturated carbocycles. The molecular formula is C14H18F2N6O. The smallest absolute Gasteiger partial charge is 0.333 e. The second-order valence-electron chi connectivity index (χ2n) is 5.55. The highest BCUT2D eigenvalue weighted by atomic mass is 19.3. The van der Waals surface area contributed by atoms with E-state index in [0.717, 1.165) is 31.4 Å². The van der Waals surface area contributed by atoms with Crippen molar-refractivity contribution in [3.63, 3.8) is 0 Å². The van der Waals surface area contributed by atoms with Gasteiger partial charge in [-0.05, 0) is 6.07 Å². The number of nitrogens with zero attached hydrogens (tertiary/aromatic N) is 6. The van der Waals surface area contributed by atoms with E-state index in [0.29, 0.717) is 17.8 Å². The van der Waals surface area contributed by atoms with Crippen LogP contribution in [0.15, 0.2) is 24.7 Å². The van der Waals surface area contributed by atoms with Crippen LogP contribution in [-0.2, 0) is 13.6 Å². The average molecular weight is 324 g/mol. The quantitative estimate of drug-likeness (QED) is 0.841. The largest absolute Gasteiger partial charge is 0.335 e. The highest BCUT2D eigenvalue weighted by molar-refractivity contribution is 5.92.